The molecule has 88 valence electrons. The Hall–Kier alpha value is -1.90. The Morgan fingerprint density at radius 3 is 2.53 bits per heavy atom. The summed E-state index contributed by atoms with van der Waals surface area (Å²) < 4.78 is 0. The zero-order valence-electron chi connectivity index (χ0n) is 10.3. The van der Waals surface area contributed by atoms with Gasteiger partial charge in [-0.15, -0.1) is 0 Å². The van der Waals surface area contributed by atoms with E-state index in [9.17, 15) is 0 Å². The zero-order chi connectivity index (χ0) is 12.1. The van der Waals surface area contributed by atoms with Crippen molar-refractivity contribution in [2.45, 2.75) is 20.3 Å². The smallest absolute Gasteiger partial charge is 0.144 e. The highest BCUT2D eigenvalue weighted by atomic mass is 15.0. The molecule has 0 saturated heterocycles. The second kappa shape index (κ2) is 5.43. The van der Waals surface area contributed by atoms with Crippen LogP contribution in [0.4, 0.5) is 5.82 Å². The predicted molar refractivity (Wildman–Crippen MR) is 70.1 cm³/mol. The van der Waals surface area contributed by atoms with E-state index in [0.717, 1.165) is 30.2 Å². The number of benzene rings is 1. The van der Waals surface area contributed by atoms with Crippen molar-refractivity contribution >= 4 is 5.82 Å². The lowest BCUT2D eigenvalue weighted by Gasteiger charge is -2.07. The van der Waals surface area contributed by atoms with E-state index >= 15 is 0 Å². The van der Waals surface area contributed by atoms with Crippen LogP contribution in [0.3, 0.4) is 0 Å². The van der Waals surface area contributed by atoms with Crippen LogP contribution in [-0.2, 0) is 6.42 Å². The van der Waals surface area contributed by atoms with Gasteiger partial charge in [-0.25, -0.2) is 4.98 Å². The first kappa shape index (κ1) is 11.6. The molecule has 3 nitrogen and oxygen atoms in total. The van der Waals surface area contributed by atoms with Crippen molar-refractivity contribution in [3.05, 3.63) is 53.5 Å². The Kier molecular flexibility index (Phi) is 3.70. The van der Waals surface area contributed by atoms with Gasteiger partial charge in [-0.1, -0.05) is 30.3 Å². The van der Waals surface area contributed by atoms with Crippen molar-refractivity contribution in [3.63, 3.8) is 0 Å². The van der Waals surface area contributed by atoms with E-state index in [2.05, 4.69) is 39.6 Å². The summed E-state index contributed by atoms with van der Waals surface area (Å²) in [6, 6.07) is 10.4. The molecule has 2 aromatic rings. The third-order valence-corrected chi connectivity index (χ3v) is 2.75. The van der Waals surface area contributed by atoms with Crippen LogP contribution in [0.15, 0.2) is 36.5 Å². The number of hydrogen-bond acceptors (Lipinski definition) is 3. The summed E-state index contributed by atoms with van der Waals surface area (Å²) in [5.41, 5.74) is 3.30. The van der Waals surface area contributed by atoms with Gasteiger partial charge in [0.25, 0.3) is 0 Å². The number of hydrogen-bond donors (Lipinski definition) is 1. The topological polar surface area (TPSA) is 37.8 Å². The summed E-state index contributed by atoms with van der Waals surface area (Å²) in [5.74, 6) is 0.851. The minimum atomic E-state index is 0.851. The van der Waals surface area contributed by atoms with Gasteiger partial charge in [0, 0.05) is 6.54 Å². The average Bonchev–Trinajstić information content (AvgIpc) is 2.35. The van der Waals surface area contributed by atoms with Gasteiger partial charge in [-0.2, -0.15) is 0 Å². The Morgan fingerprint density at radius 1 is 1.06 bits per heavy atom. The third-order valence-electron chi connectivity index (χ3n) is 2.75. The largest absolute Gasteiger partial charge is 0.368 e. The second-order valence-electron chi connectivity index (χ2n) is 4.09. The van der Waals surface area contributed by atoms with Crippen LogP contribution >= 0.6 is 0 Å². The molecule has 3 heteroatoms. The van der Waals surface area contributed by atoms with E-state index in [-0.39, 0.29) is 0 Å². The molecule has 0 amide bonds. The van der Waals surface area contributed by atoms with E-state index in [1.54, 1.807) is 6.20 Å². The molecule has 1 heterocycles. The monoisotopic (exact) mass is 227 g/mol. The maximum Gasteiger partial charge on any atom is 0.144 e. The normalized spacial score (nSPS) is 10.2. The van der Waals surface area contributed by atoms with Crippen molar-refractivity contribution in [2.75, 3.05) is 11.9 Å². The molecule has 0 spiro atoms. The van der Waals surface area contributed by atoms with E-state index in [1.807, 2.05) is 19.9 Å². The molecular weight excluding hydrogens is 210 g/mol. The third kappa shape index (κ3) is 3.28. The van der Waals surface area contributed by atoms with Gasteiger partial charge in [-0.3, -0.25) is 4.98 Å². The number of anilines is 1. The van der Waals surface area contributed by atoms with Crippen LogP contribution in [-0.4, -0.2) is 16.5 Å². The van der Waals surface area contributed by atoms with Crippen molar-refractivity contribution in [1.29, 1.82) is 0 Å². The first-order valence-corrected chi connectivity index (χ1v) is 5.84. The Morgan fingerprint density at radius 2 is 1.82 bits per heavy atom. The fourth-order valence-electron chi connectivity index (χ4n) is 1.61. The maximum atomic E-state index is 4.43. The molecule has 0 saturated carbocycles. The van der Waals surface area contributed by atoms with Gasteiger partial charge in [0.1, 0.15) is 5.82 Å². The lowest BCUT2D eigenvalue weighted by Crippen LogP contribution is -2.07. The van der Waals surface area contributed by atoms with Gasteiger partial charge in [-0.05, 0) is 25.8 Å². The molecule has 0 aliphatic heterocycles. The molecule has 0 atom stereocenters. The lowest BCUT2D eigenvalue weighted by molar-refractivity contribution is 0.977. The Balaban J connectivity index is 1.88. The van der Waals surface area contributed by atoms with Crippen molar-refractivity contribution < 1.29 is 0 Å². The molecule has 1 N–H and O–H groups in total. The second-order valence-corrected chi connectivity index (χ2v) is 4.09. The SMILES string of the molecule is Cc1ncc(NCCc2ccccc2)nc1C. The highest BCUT2D eigenvalue weighted by molar-refractivity contribution is 5.33. The summed E-state index contributed by atoms with van der Waals surface area (Å²) >= 11 is 0. The number of nitrogens with zero attached hydrogens (tertiary/aromatic N) is 2. The molecule has 0 bridgehead atoms. The molecule has 0 aliphatic carbocycles. The van der Waals surface area contributed by atoms with Crippen LogP contribution in [0, 0.1) is 13.8 Å². The van der Waals surface area contributed by atoms with Gasteiger partial charge in [0.2, 0.25) is 0 Å². The minimum absolute atomic E-state index is 0.851. The van der Waals surface area contributed by atoms with E-state index in [1.165, 1.54) is 5.56 Å². The van der Waals surface area contributed by atoms with Crippen LogP contribution in [0.25, 0.3) is 0 Å². The number of rotatable bonds is 4. The maximum absolute atomic E-state index is 4.43. The van der Waals surface area contributed by atoms with Crippen LogP contribution in [0.5, 0.6) is 0 Å². The summed E-state index contributed by atoms with van der Waals surface area (Å²) in [5, 5.41) is 3.29. The van der Waals surface area contributed by atoms with Crippen molar-refractivity contribution in [3.8, 4) is 0 Å². The van der Waals surface area contributed by atoms with Crippen molar-refractivity contribution in [2.24, 2.45) is 0 Å². The molecule has 17 heavy (non-hydrogen) atoms. The van der Waals surface area contributed by atoms with Gasteiger partial charge < -0.3 is 5.32 Å². The molecule has 0 fully saturated rings. The summed E-state index contributed by atoms with van der Waals surface area (Å²) in [4.78, 5) is 8.71. The van der Waals surface area contributed by atoms with Crippen LogP contribution in [0.2, 0.25) is 0 Å². The fourth-order valence-corrected chi connectivity index (χ4v) is 1.61. The molecule has 1 aromatic carbocycles. The van der Waals surface area contributed by atoms with Gasteiger partial charge in [0.15, 0.2) is 0 Å². The first-order chi connectivity index (χ1) is 8.25. The molecule has 0 aliphatic rings. The van der Waals surface area contributed by atoms with Gasteiger partial charge in [0.05, 0.1) is 17.6 Å². The molecule has 0 radical (unpaired) electrons. The highest BCUT2D eigenvalue weighted by Gasteiger charge is 1.98. The van der Waals surface area contributed by atoms with Crippen molar-refractivity contribution in [1.82, 2.24) is 9.97 Å². The van der Waals surface area contributed by atoms with Crippen LogP contribution in [0.1, 0.15) is 17.0 Å². The summed E-state index contributed by atoms with van der Waals surface area (Å²) in [6.07, 6.45) is 2.78. The summed E-state index contributed by atoms with van der Waals surface area (Å²) in [7, 11) is 0. The van der Waals surface area contributed by atoms with E-state index in [4.69, 9.17) is 0 Å². The Bertz CT molecular complexity index is 480. The first-order valence-electron chi connectivity index (χ1n) is 5.84. The molecule has 0 unspecified atom stereocenters. The summed E-state index contributed by atoms with van der Waals surface area (Å²) in [6.45, 7) is 4.82. The molecular formula is C14H17N3. The van der Waals surface area contributed by atoms with E-state index in [0.29, 0.717) is 0 Å². The van der Waals surface area contributed by atoms with Gasteiger partial charge >= 0.3 is 0 Å². The standard InChI is InChI=1S/C14H17N3/c1-11-12(2)17-14(10-16-11)15-9-8-13-6-4-3-5-7-13/h3-7,10H,8-9H2,1-2H3,(H,15,17). The molecule has 2 rings (SSSR count). The molecule has 1 aromatic heterocycles. The number of nitrogens with one attached hydrogen (secondary N) is 1. The number of aromatic nitrogens is 2. The average molecular weight is 227 g/mol. The number of aryl methyl sites for hydroxylation is 2. The van der Waals surface area contributed by atoms with Crippen LogP contribution < -0.4 is 5.32 Å². The van der Waals surface area contributed by atoms with E-state index < -0.39 is 0 Å². The quantitative estimate of drug-likeness (QED) is 0.872. The minimum Gasteiger partial charge on any atom is -0.368 e. The highest BCUT2D eigenvalue weighted by Crippen LogP contribution is 2.06. The lowest BCUT2D eigenvalue weighted by atomic mass is 10.1. The fraction of sp³-hybridized carbons (Fsp3) is 0.286. The zero-order valence-corrected chi connectivity index (χ0v) is 10.3. The predicted octanol–water partition coefficient (Wildman–Crippen LogP) is 2.75. The Labute approximate surface area is 102 Å².